The van der Waals surface area contributed by atoms with Crippen LogP contribution in [-0.2, 0) is 16.6 Å². The maximum Gasteiger partial charge on any atom is 0.240 e. The molecule has 0 heterocycles. The van der Waals surface area contributed by atoms with Crippen LogP contribution in [0.3, 0.4) is 0 Å². The van der Waals surface area contributed by atoms with Gasteiger partial charge in [-0.05, 0) is 30.5 Å². The van der Waals surface area contributed by atoms with Gasteiger partial charge in [0.1, 0.15) is 5.75 Å². The molecule has 19 heavy (non-hydrogen) atoms. The van der Waals surface area contributed by atoms with Gasteiger partial charge in [0.2, 0.25) is 10.0 Å². The van der Waals surface area contributed by atoms with E-state index in [1.807, 2.05) is 0 Å². The number of hydrogen-bond donors (Lipinski definition) is 2. The minimum Gasteiger partial charge on any atom is -0.496 e. The molecule has 0 bridgehead atoms. The number of aliphatic hydroxyl groups is 1. The fourth-order valence-corrected chi connectivity index (χ4v) is 3.03. The van der Waals surface area contributed by atoms with Crippen molar-refractivity contribution >= 4 is 10.0 Å². The van der Waals surface area contributed by atoms with Gasteiger partial charge in [-0.2, -0.15) is 0 Å². The first-order valence-corrected chi connectivity index (χ1v) is 7.82. The molecule has 5 nitrogen and oxygen atoms in total. The normalized spacial score (nSPS) is 15.5. The predicted molar refractivity (Wildman–Crippen MR) is 71.4 cm³/mol. The number of rotatable bonds is 7. The highest BCUT2D eigenvalue weighted by molar-refractivity contribution is 7.89. The average molecular weight is 285 g/mol. The highest BCUT2D eigenvalue weighted by Gasteiger charge is 2.22. The van der Waals surface area contributed by atoms with Crippen molar-refractivity contribution in [2.45, 2.75) is 30.8 Å². The van der Waals surface area contributed by atoms with Gasteiger partial charge in [0, 0.05) is 12.1 Å². The Labute approximate surface area is 113 Å². The molecule has 0 aromatic heterocycles. The van der Waals surface area contributed by atoms with Crippen LogP contribution >= 0.6 is 0 Å². The molecule has 0 spiro atoms. The van der Waals surface area contributed by atoms with Crippen molar-refractivity contribution in [3.63, 3.8) is 0 Å². The second-order valence-electron chi connectivity index (χ2n) is 4.76. The molecule has 0 amide bonds. The van der Waals surface area contributed by atoms with Gasteiger partial charge in [-0.1, -0.05) is 12.8 Å². The van der Waals surface area contributed by atoms with Gasteiger partial charge >= 0.3 is 0 Å². The molecule has 0 saturated heterocycles. The van der Waals surface area contributed by atoms with Crippen LogP contribution in [-0.4, -0.2) is 27.2 Å². The Hall–Kier alpha value is -1.11. The molecule has 1 aliphatic rings. The monoisotopic (exact) mass is 285 g/mol. The van der Waals surface area contributed by atoms with Crippen molar-refractivity contribution in [2.75, 3.05) is 13.7 Å². The first-order valence-electron chi connectivity index (χ1n) is 6.34. The molecule has 1 fully saturated rings. The molecular weight excluding hydrogens is 266 g/mol. The lowest BCUT2D eigenvalue weighted by molar-refractivity contribution is 0.273. The van der Waals surface area contributed by atoms with Gasteiger partial charge < -0.3 is 9.84 Å². The topological polar surface area (TPSA) is 75.6 Å². The predicted octanol–water partition coefficient (Wildman–Crippen LogP) is 1.27. The molecule has 1 aromatic carbocycles. The lowest BCUT2D eigenvalue weighted by Gasteiger charge is -2.10. The van der Waals surface area contributed by atoms with Crippen LogP contribution in [0.4, 0.5) is 0 Å². The van der Waals surface area contributed by atoms with Gasteiger partial charge in [0.05, 0.1) is 18.6 Å². The quantitative estimate of drug-likeness (QED) is 0.791. The molecule has 106 valence electrons. The summed E-state index contributed by atoms with van der Waals surface area (Å²) in [6.07, 6.45) is 3.31. The van der Waals surface area contributed by atoms with Crippen LogP contribution in [0.2, 0.25) is 0 Å². The van der Waals surface area contributed by atoms with E-state index in [0.29, 0.717) is 23.8 Å². The van der Waals surface area contributed by atoms with Crippen LogP contribution < -0.4 is 9.46 Å². The molecule has 6 heteroatoms. The number of hydrogen-bond acceptors (Lipinski definition) is 4. The van der Waals surface area contributed by atoms with Crippen LogP contribution in [0.1, 0.15) is 24.8 Å². The van der Waals surface area contributed by atoms with Gasteiger partial charge in [0.15, 0.2) is 0 Å². The molecule has 0 atom stereocenters. The van der Waals surface area contributed by atoms with Crippen molar-refractivity contribution in [1.82, 2.24) is 4.72 Å². The molecule has 1 aliphatic carbocycles. The Bertz CT molecular complexity index is 538. The van der Waals surface area contributed by atoms with Crippen LogP contribution in [0.5, 0.6) is 5.75 Å². The molecule has 0 aliphatic heterocycles. The second-order valence-corrected chi connectivity index (χ2v) is 6.53. The van der Waals surface area contributed by atoms with E-state index in [9.17, 15) is 13.5 Å². The molecule has 0 radical (unpaired) electrons. The fourth-order valence-electron chi connectivity index (χ4n) is 1.93. The lowest BCUT2D eigenvalue weighted by Crippen LogP contribution is -2.25. The van der Waals surface area contributed by atoms with E-state index >= 15 is 0 Å². The standard InChI is InChI=1S/C13H19NO4S/c1-18-13-5-4-12(8-11(13)9-15)19(16,17)14-7-6-10-2-3-10/h4-5,8,10,14-15H,2-3,6-7,9H2,1H3. The number of nitrogens with one attached hydrogen (secondary N) is 1. The highest BCUT2D eigenvalue weighted by atomic mass is 32.2. The minimum absolute atomic E-state index is 0.160. The summed E-state index contributed by atoms with van der Waals surface area (Å²) < 4.78 is 31.8. The number of aliphatic hydroxyl groups excluding tert-OH is 1. The van der Waals surface area contributed by atoms with Crippen molar-refractivity contribution in [3.8, 4) is 5.75 Å². The third-order valence-corrected chi connectivity index (χ3v) is 4.73. The van der Waals surface area contributed by atoms with Crippen molar-refractivity contribution in [3.05, 3.63) is 23.8 Å². The zero-order valence-corrected chi connectivity index (χ0v) is 11.7. The zero-order chi connectivity index (χ0) is 13.9. The first kappa shape index (κ1) is 14.3. The third kappa shape index (κ3) is 3.68. The molecule has 1 aromatic rings. The maximum absolute atomic E-state index is 12.1. The summed E-state index contributed by atoms with van der Waals surface area (Å²) in [7, 11) is -2.02. The Kier molecular flexibility index (Phi) is 4.44. The van der Waals surface area contributed by atoms with Crippen LogP contribution in [0.25, 0.3) is 0 Å². The first-order chi connectivity index (χ1) is 9.06. The third-order valence-electron chi connectivity index (χ3n) is 3.27. The summed E-state index contributed by atoms with van der Waals surface area (Å²) in [4.78, 5) is 0.160. The molecular formula is C13H19NO4S. The van der Waals surface area contributed by atoms with Gasteiger partial charge in [-0.3, -0.25) is 0 Å². The lowest BCUT2D eigenvalue weighted by atomic mass is 10.2. The van der Waals surface area contributed by atoms with E-state index in [4.69, 9.17) is 4.74 Å². The minimum atomic E-state index is -3.50. The van der Waals surface area contributed by atoms with Gasteiger partial charge in [-0.15, -0.1) is 0 Å². The van der Waals surface area contributed by atoms with E-state index in [1.165, 1.54) is 32.1 Å². The van der Waals surface area contributed by atoms with E-state index < -0.39 is 10.0 Å². The van der Waals surface area contributed by atoms with Crippen molar-refractivity contribution in [1.29, 1.82) is 0 Å². The summed E-state index contributed by atoms with van der Waals surface area (Å²) in [6.45, 7) is 0.210. The van der Waals surface area contributed by atoms with E-state index in [1.54, 1.807) is 6.07 Å². The van der Waals surface area contributed by atoms with Crippen LogP contribution in [0.15, 0.2) is 23.1 Å². The SMILES string of the molecule is COc1ccc(S(=O)(=O)NCCC2CC2)cc1CO. The summed E-state index contributed by atoms with van der Waals surface area (Å²) in [6, 6.07) is 4.48. The Morgan fingerprint density at radius 2 is 2.16 bits per heavy atom. The average Bonchev–Trinajstić information content (AvgIpc) is 3.21. The highest BCUT2D eigenvalue weighted by Crippen LogP contribution is 2.31. The number of methoxy groups -OCH3 is 1. The van der Waals surface area contributed by atoms with Gasteiger partial charge in [-0.25, -0.2) is 13.1 Å². The Morgan fingerprint density at radius 3 is 2.74 bits per heavy atom. The maximum atomic E-state index is 12.1. The van der Waals surface area contributed by atoms with Gasteiger partial charge in [0.25, 0.3) is 0 Å². The largest absolute Gasteiger partial charge is 0.496 e. The Balaban J connectivity index is 2.09. The summed E-state index contributed by atoms with van der Waals surface area (Å²) in [5, 5.41) is 9.20. The number of ether oxygens (including phenoxy) is 1. The smallest absolute Gasteiger partial charge is 0.240 e. The molecule has 2 rings (SSSR count). The summed E-state index contributed by atoms with van der Waals surface area (Å²) in [5.41, 5.74) is 0.465. The number of benzene rings is 1. The molecule has 1 saturated carbocycles. The molecule has 0 unspecified atom stereocenters. The van der Waals surface area contributed by atoms with E-state index in [2.05, 4.69) is 4.72 Å². The summed E-state index contributed by atoms with van der Waals surface area (Å²) in [5.74, 6) is 1.17. The van der Waals surface area contributed by atoms with Crippen LogP contribution in [0, 0.1) is 5.92 Å². The van der Waals surface area contributed by atoms with E-state index in [0.717, 1.165) is 6.42 Å². The van der Waals surface area contributed by atoms with Crippen molar-refractivity contribution in [2.24, 2.45) is 5.92 Å². The molecule has 2 N–H and O–H groups in total. The number of sulfonamides is 1. The van der Waals surface area contributed by atoms with E-state index in [-0.39, 0.29) is 11.5 Å². The zero-order valence-electron chi connectivity index (χ0n) is 10.9. The second kappa shape index (κ2) is 5.90. The summed E-state index contributed by atoms with van der Waals surface area (Å²) >= 11 is 0. The Morgan fingerprint density at radius 1 is 1.42 bits per heavy atom. The fraction of sp³-hybridized carbons (Fsp3) is 0.538. The van der Waals surface area contributed by atoms with Crippen molar-refractivity contribution < 1.29 is 18.3 Å².